The Bertz CT molecular complexity index is 283. The Morgan fingerprint density at radius 2 is 2.33 bits per heavy atom. The van der Waals surface area contributed by atoms with E-state index < -0.39 is 0 Å². The molecule has 3 heteroatoms. The van der Waals surface area contributed by atoms with Gasteiger partial charge in [0.2, 0.25) is 0 Å². The molecule has 0 N–H and O–H groups in total. The van der Waals surface area contributed by atoms with Crippen LogP contribution in [0.3, 0.4) is 0 Å². The molecule has 0 aliphatic heterocycles. The van der Waals surface area contributed by atoms with Gasteiger partial charge in [-0.1, -0.05) is 0 Å². The van der Waals surface area contributed by atoms with Crippen LogP contribution in [-0.2, 0) is 14.3 Å². The second-order valence-corrected chi connectivity index (χ2v) is 4.06. The molecule has 0 aromatic rings. The van der Waals surface area contributed by atoms with Crippen LogP contribution in [0.4, 0.5) is 0 Å². The Hall–Kier alpha value is -0.860. The summed E-state index contributed by atoms with van der Waals surface area (Å²) in [7, 11) is 1.40. The number of Topliss-reactive ketones (excluding diaryl/α,β-unsaturated/α-hetero) is 1. The van der Waals surface area contributed by atoms with Crippen molar-refractivity contribution in [1.29, 1.82) is 0 Å². The minimum Gasteiger partial charge on any atom is -0.469 e. The van der Waals surface area contributed by atoms with Gasteiger partial charge in [-0.15, -0.1) is 0 Å². The van der Waals surface area contributed by atoms with E-state index in [4.69, 9.17) is 0 Å². The summed E-state index contributed by atoms with van der Waals surface area (Å²) >= 11 is 0. The molecule has 4 aliphatic carbocycles. The molecule has 0 heterocycles. The standard InChI is InChI=1S/C9H10O3/c1-12-9(11)7-4-2-3-5(7)6(3)8(4)10/h3-7H,2H2,1H3/t3-,4+,5+,6-,7-/m1/s1. The second kappa shape index (κ2) is 1.73. The molecule has 4 rings (SSSR count). The Labute approximate surface area is 70.1 Å². The van der Waals surface area contributed by atoms with Crippen molar-refractivity contribution in [2.75, 3.05) is 7.11 Å². The number of ether oxygens (including phenoxy) is 1. The maximum Gasteiger partial charge on any atom is 0.309 e. The monoisotopic (exact) mass is 166 g/mol. The van der Waals surface area contributed by atoms with Crippen molar-refractivity contribution < 1.29 is 14.3 Å². The van der Waals surface area contributed by atoms with Gasteiger partial charge in [0.1, 0.15) is 5.78 Å². The number of hydrogen-bond donors (Lipinski definition) is 0. The van der Waals surface area contributed by atoms with Gasteiger partial charge in [0.25, 0.3) is 0 Å². The molecule has 4 saturated carbocycles. The predicted octanol–water partition coefficient (Wildman–Crippen LogP) is 0.240. The fraction of sp³-hybridized carbons (Fsp3) is 0.778. The average Bonchev–Trinajstić information content (AvgIpc) is 2.42. The van der Waals surface area contributed by atoms with Crippen LogP contribution in [0.1, 0.15) is 6.42 Å². The van der Waals surface area contributed by atoms with E-state index in [2.05, 4.69) is 4.74 Å². The van der Waals surface area contributed by atoms with Crippen molar-refractivity contribution in [3.8, 4) is 0 Å². The Morgan fingerprint density at radius 1 is 1.58 bits per heavy atom. The zero-order chi connectivity index (χ0) is 8.46. The van der Waals surface area contributed by atoms with Crippen LogP contribution in [0.2, 0.25) is 0 Å². The molecule has 0 aromatic carbocycles. The van der Waals surface area contributed by atoms with E-state index in [-0.39, 0.29) is 23.7 Å². The molecule has 0 amide bonds. The highest BCUT2D eigenvalue weighted by Gasteiger charge is 2.75. The SMILES string of the molecule is COC(=O)[C@H]1[C@H]2[C@H]3C[C@@H]1C(=O)[C@H]32. The van der Waals surface area contributed by atoms with Gasteiger partial charge in [0.05, 0.1) is 13.0 Å². The summed E-state index contributed by atoms with van der Waals surface area (Å²) < 4.78 is 4.69. The fourth-order valence-electron chi connectivity index (χ4n) is 3.30. The van der Waals surface area contributed by atoms with Gasteiger partial charge in [-0.05, 0) is 18.3 Å². The maximum atomic E-state index is 11.4. The van der Waals surface area contributed by atoms with Crippen LogP contribution in [0, 0.1) is 29.6 Å². The number of rotatable bonds is 1. The normalized spacial score (nSPS) is 52.8. The van der Waals surface area contributed by atoms with E-state index in [1.165, 1.54) is 7.11 Å². The van der Waals surface area contributed by atoms with Gasteiger partial charge < -0.3 is 4.74 Å². The molecule has 4 bridgehead atoms. The zero-order valence-electron chi connectivity index (χ0n) is 6.82. The summed E-state index contributed by atoms with van der Waals surface area (Å²) in [5.74, 6) is 1.29. The molecule has 64 valence electrons. The lowest BCUT2D eigenvalue weighted by molar-refractivity contribution is -0.147. The smallest absolute Gasteiger partial charge is 0.309 e. The first-order valence-electron chi connectivity index (χ1n) is 4.37. The van der Waals surface area contributed by atoms with E-state index in [1.54, 1.807) is 0 Å². The highest BCUT2D eigenvalue weighted by molar-refractivity contribution is 5.98. The van der Waals surface area contributed by atoms with E-state index >= 15 is 0 Å². The average molecular weight is 166 g/mol. The number of esters is 1. The number of methoxy groups -OCH3 is 1. The van der Waals surface area contributed by atoms with Gasteiger partial charge in [-0.25, -0.2) is 0 Å². The molecular formula is C9H10O3. The second-order valence-electron chi connectivity index (χ2n) is 4.06. The summed E-state index contributed by atoms with van der Waals surface area (Å²) in [6.45, 7) is 0. The van der Waals surface area contributed by atoms with Crippen molar-refractivity contribution >= 4 is 11.8 Å². The van der Waals surface area contributed by atoms with Crippen LogP contribution in [-0.4, -0.2) is 18.9 Å². The van der Waals surface area contributed by atoms with Gasteiger partial charge in [-0.2, -0.15) is 0 Å². The molecule has 12 heavy (non-hydrogen) atoms. The summed E-state index contributed by atoms with van der Waals surface area (Å²) in [5.41, 5.74) is 0. The van der Waals surface area contributed by atoms with Crippen molar-refractivity contribution in [2.24, 2.45) is 29.6 Å². The number of hydrogen-bond acceptors (Lipinski definition) is 3. The topological polar surface area (TPSA) is 43.4 Å². The summed E-state index contributed by atoms with van der Waals surface area (Å²) in [4.78, 5) is 22.7. The zero-order valence-corrected chi connectivity index (χ0v) is 6.82. The van der Waals surface area contributed by atoms with E-state index in [0.717, 1.165) is 6.42 Å². The van der Waals surface area contributed by atoms with Gasteiger partial charge in [0, 0.05) is 11.8 Å². The predicted molar refractivity (Wildman–Crippen MR) is 39.1 cm³/mol. The van der Waals surface area contributed by atoms with Crippen molar-refractivity contribution in [3.63, 3.8) is 0 Å². The molecule has 0 radical (unpaired) electrons. The first-order chi connectivity index (χ1) is 5.75. The third kappa shape index (κ3) is 0.490. The quantitative estimate of drug-likeness (QED) is 0.524. The lowest BCUT2D eigenvalue weighted by Crippen LogP contribution is -2.21. The van der Waals surface area contributed by atoms with Gasteiger partial charge in [0.15, 0.2) is 0 Å². The number of ketones is 1. The maximum absolute atomic E-state index is 11.4. The Morgan fingerprint density at radius 3 is 2.67 bits per heavy atom. The van der Waals surface area contributed by atoms with Crippen LogP contribution < -0.4 is 0 Å². The lowest BCUT2D eigenvalue weighted by atomic mass is 9.98. The molecule has 0 saturated heterocycles. The minimum atomic E-state index is -0.166. The molecule has 0 unspecified atom stereocenters. The molecule has 0 spiro atoms. The molecular weight excluding hydrogens is 156 g/mol. The highest BCUT2D eigenvalue weighted by atomic mass is 16.5. The van der Waals surface area contributed by atoms with Crippen molar-refractivity contribution in [1.82, 2.24) is 0 Å². The van der Waals surface area contributed by atoms with Gasteiger partial charge in [-0.3, -0.25) is 9.59 Å². The van der Waals surface area contributed by atoms with Crippen molar-refractivity contribution in [3.05, 3.63) is 0 Å². The third-order valence-corrected chi connectivity index (χ3v) is 3.77. The van der Waals surface area contributed by atoms with Crippen molar-refractivity contribution in [2.45, 2.75) is 6.42 Å². The minimum absolute atomic E-state index is 0.0254. The summed E-state index contributed by atoms with van der Waals surface area (Å²) in [6.07, 6.45) is 0.952. The molecule has 3 nitrogen and oxygen atoms in total. The van der Waals surface area contributed by atoms with E-state index in [0.29, 0.717) is 17.6 Å². The molecule has 4 fully saturated rings. The first kappa shape index (κ1) is 6.63. The van der Waals surface area contributed by atoms with Crippen LogP contribution in [0.25, 0.3) is 0 Å². The van der Waals surface area contributed by atoms with Gasteiger partial charge >= 0.3 is 5.97 Å². The van der Waals surface area contributed by atoms with Crippen LogP contribution in [0.15, 0.2) is 0 Å². The Kier molecular flexibility index (Phi) is 0.955. The Balaban J connectivity index is 1.93. The third-order valence-electron chi connectivity index (χ3n) is 3.77. The highest BCUT2D eigenvalue weighted by Crippen LogP contribution is 2.71. The molecule has 0 aromatic heterocycles. The number of carbonyl (C=O) groups excluding carboxylic acids is 2. The fourth-order valence-corrected chi connectivity index (χ4v) is 3.30. The number of carbonyl (C=O) groups is 2. The lowest BCUT2D eigenvalue weighted by Gasteiger charge is -2.09. The van der Waals surface area contributed by atoms with Crippen LogP contribution >= 0.6 is 0 Å². The largest absolute Gasteiger partial charge is 0.469 e. The summed E-state index contributed by atoms with van der Waals surface area (Å²) in [5, 5.41) is 0. The first-order valence-corrected chi connectivity index (χ1v) is 4.37. The van der Waals surface area contributed by atoms with Crippen LogP contribution in [0.5, 0.6) is 0 Å². The molecule has 5 atom stereocenters. The van der Waals surface area contributed by atoms with E-state index in [1.807, 2.05) is 0 Å². The van der Waals surface area contributed by atoms with E-state index in [9.17, 15) is 9.59 Å². The molecule has 4 aliphatic rings. The summed E-state index contributed by atoms with van der Waals surface area (Å²) in [6, 6.07) is 0.